The molecule has 0 aliphatic heterocycles. The fraction of sp³-hybridized carbons (Fsp3) is 0.800. The van der Waals surface area contributed by atoms with Crippen molar-refractivity contribution in [1.29, 1.82) is 0 Å². The second-order valence-corrected chi connectivity index (χ2v) is 1.48. The molecular weight excluding hydrogens is 124 g/mol. The van der Waals surface area contributed by atoms with Crippen LogP contribution in [0.15, 0.2) is 0 Å². The van der Waals surface area contributed by atoms with Crippen LogP contribution in [0.3, 0.4) is 0 Å². The first-order valence-corrected chi connectivity index (χ1v) is 2.40. The molecule has 54 valence electrons. The van der Waals surface area contributed by atoms with Crippen LogP contribution in [0.25, 0.3) is 0 Å². The molecule has 0 amide bonds. The Morgan fingerprint density at radius 3 is 1.89 bits per heavy atom. The van der Waals surface area contributed by atoms with Gasteiger partial charge in [-0.3, -0.25) is 4.79 Å². The Labute approximate surface area is 53.7 Å². The first kappa shape index (κ1) is 8.39. The summed E-state index contributed by atoms with van der Waals surface area (Å²) in [5.41, 5.74) is 0. The normalized spacial score (nSPS) is 11.0. The number of methoxy groups -OCH3 is 2. The predicted octanol–water partition coefficient (Wildman–Crippen LogP) is 0.126. The fourth-order valence-electron chi connectivity index (χ4n) is 0.267. The Kier molecular flexibility index (Phi) is 3.19. The van der Waals surface area contributed by atoms with Crippen LogP contribution < -0.4 is 0 Å². The van der Waals surface area contributed by atoms with Gasteiger partial charge in [0.15, 0.2) is 0 Å². The summed E-state index contributed by atoms with van der Waals surface area (Å²) in [5, 5.41) is 0. The minimum absolute atomic E-state index is 0.271. The van der Waals surface area contributed by atoms with Gasteiger partial charge in [-0.25, -0.2) is 0 Å². The lowest BCUT2D eigenvalue weighted by molar-refractivity contribution is -0.327. The summed E-state index contributed by atoms with van der Waals surface area (Å²) in [6.07, 6.45) is 0. The molecule has 0 aromatic rings. The van der Waals surface area contributed by atoms with Crippen LogP contribution >= 0.6 is 0 Å². The molecule has 4 heteroatoms. The van der Waals surface area contributed by atoms with E-state index >= 15 is 0 Å². The topological polar surface area (TPSA) is 44.8 Å². The van der Waals surface area contributed by atoms with Gasteiger partial charge >= 0.3 is 5.97 Å². The third kappa shape index (κ3) is 2.43. The standard InChI is InChI=1S/C5H10O4/c1-5(7-2,8-3)9-4-6/h4H,1-3H3. The van der Waals surface area contributed by atoms with Crippen LogP contribution in [0.5, 0.6) is 0 Å². The zero-order valence-electron chi connectivity index (χ0n) is 5.71. The molecule has 0 N–H and O–H groups in total. The van der Waals surface area contributed by atoms with Gasteiger partial charge in [-0.05, 0) is 0 Å². The lowest BCUT2D eigenvalue weighted by Gasteiger charge is -2.22. The SMILES string of the molecule is COC(C)(OC)OC=O. The molecule has 0 heterocycles. The summed E-state index contributed by atoms with van der Waals surface area (Å²) in [6, 6.07) is 0. The van der Waals surface area contributed by atoms with Gasteiger partial charge in [-0.15, -0.1) is 0 Å². The Hall–Kier alpha value is -0.610. The molecule has 0 saturated carbocycles. The molecule has 9 heavy (non-hydrogen) atoms. The Bertz CT molecular complexity index is 87.0. The van der Waals surface area contributed by atoms with E-state index in [-0.39, 0.29) is 6.47 Å². The van der Waals surface area contributed by atoms with Gasteiger partial charge in [0.1, 0.15) is 0 Å². The lowest BCUT2D eigenvalue weighted by atomic mass is 10.6. The highest BCUT2D eigenvalue weighted by Gasteiger charge is 2.23. The highest BCUT2D eigenvalue weighted by Crippen LogP contribution is 2.08. The molecule has 0 spiro atoms. The van der Waals surface area contributed by atoms with Crippen LogP contribution in [0, 0.1) is 0 Å². The van der Waals surface area contributed by atoms with E-state index < -0.39 is 5.97 Å². The van der Waals surface area contributed by atoms with Crippen LogP contribution in [-0.2, 0) is 19.0 Å². The number of ether oxygens (including phenoxy) is 3. The molecule has 0 aliphatic rings. The van der Waals surface area contributed by atoms with Crippen molar-refractivity contribution in [2.24, 2.45) is 0 Å². The van der Waals surface area contributed by atoms with Crippen molar-refractivity contribution >= 4 is 6.47 Å². The smallest absolute Gasteiger partial charge is 0.325 e. The summed E-state index contributed by atoms with van der Waals surface area (Å²) in [6.45, 7) is 1.76. The highest BCUT2D eigenvalue weighted by molar-refractivity contribution is 5.37. The molecule has 0 saturated heterocycles. The zero-order valence-corrected chi connectivity index (χ0v) is 5.71. The second kappa shape index (κ2) is 3.42. The highest BCUT2D eigenvalue weighted by atomic mass is 16.9. The Morgan fingerprint density at radius 1 is 1.33 bits per heavy atom. The van der Waals surface area contributed by atoms with E-state index in [0.29, 0.717) is 0 Å². The minimum atomic E-state index is -1.23. The van der Waals surface area contributed by atoms with E-state index in [1.165, 1.54) is 21.1 Å². The average molecular weight is 134 g/mol. The third-order valence-electron chi connectivity index (χ3n) is 1.00. The van der Waals surface area contributed by atoms with Gasteiger partial charge in [0.25, 0.3) is 6.47 Å². The van der Waals surface area contributed by atoms with Crippen molar-refractivity contribution in [2.75, 3.05) is 14.2 Å². The van der Waals surface area contributed by atoms with Crippen molar-refractivity contribution in [3.8, 4) is 0 Å². The first-order valence-electron chi connectivity index (χ1n) is 2.40. The number of hydrogen-bond acceptors (Lipinski definition) is 4. The maximum Gasteiger partial charge on any atom is 0.325 e. The van der Waals surface area contributed by atoms with Crippen molar-refractivity contribution in [3.05, 3.63) is 0 Å². The largest absolute Gasteiger partial charge is 0.410 e. The molecule has 0 aromatic carbocycles. The summed E-state index contributed by atoms with van der Waals surface area (Å²) >= 11 is 0. The van der Waals surface area contributed by atoms with Gasteiger partial charge in [-0.1, -0.05) is 0 Å². The van der Waals surface area contributed by atoms with E-state index in [4.69, 9.17) is 0 Å². The van der Waals surface area contributed by atoms with Gasteiger partial charge < -0.3 is 14.2 Å². The molecule has 0 aromatic heterocycles. The predicted molar refractivity (Wildman–Crippen MR) is 29.6 cm³/mol. The molecule has 4 nitrogen and oxygen atoms in total. The first-order chi connectivity index (χ1) is 4.18. The Balaban J connectivity index is 3.75. The van der Waals surface area contributed by atoms with E-state index in [0.717, 1.165) is 0 Å². The molecule has 0 fully saturated rings. The number of rotatable bonds is 4. The lowest BCUT2D eigenvalue weighted by Crippen LogP contribution is -2.32. The zero-order chi connectivity index (χ0) is 7.33. The van der Waals surface area contributed by atoms with Gasteiger partial charge in [0, 0.05) is 21.1 Å². The van der Waals surface area contributed by atoms with Crippen molar-refractivity contribution in [3.63, 3.8) is 0 Å². The number of hydrogen-bond donors (Lipinski definition) is 0. The fourth-order valence-corrected chi connectivity index (χ4v) is 0.267. The van der Waals surface area contributed by atoms with Gasteiger partial charge in [0.2, 0.25) is 0 Å². The molecular formula is C5H10O4. The molecule has 0 radical (unpaired) electrons. The van der Waals surface area contributed by atoms with Crippen molar-refractivity contribution in [2.45, 2.75) is 12.9 Å². The number of carbonyl (C=O) groups excluding carboxylic acids is 1. The third-order valence-corrected chi connectivity index (χ3v) is 1.00. The van der Waals surface area contributed by atoms with Gasteiger partial charge in [0.05, 0.1) is 0 Å². The van der Waals surface area contributed by atoms with E-state index in [9.17, 15) is 4.79 Å². The van der Waals surface area contributed by atoms with Crippen LogP contribution in [0.2, 0.25) is 0 Å². The van der Waals surface area contributed by atoms with Crippen molar-refractivity contribution < 1.29 is 19.0 Å². The second-order valence-electron chi connectivity index (χ2n) is 1.48. The molecule has 0 atom stereocenters. The Morgan fingerprint density at radius 2 is 1.78 bits per heavy atom. The summed E-state index contributed by atoms with van der Waals surface area (Å²) in [4.78, 5) is 9.76. The monoisotopic (exact) mass is 134 g/mol. The minimum Gasteiger partial charge on any atom is -0.410 e. The summed E-state index contributed by atoms with van der Waals surface area (Å²) in [5.74, 6) is -1.23. The van der Waals surface area contributed by atoms with E-state index in [1.54, 1.807) is 0 Å². The number of carbonyl (C=O) groups is 1. The van der Waals surface area contributed by atoms with E-state index in [1.807, 2.05) is 0 Å². The van der Waals surface area contributed by atoms with E-state index in [2.05, 4.69) is 14.2 Å². The maximum atomic E-state index is 9.76. The summed E-state index contributed by atoms with van der Waals surface area (Å²) in [7, 11) is 2.76. The van der Waals surface area contributed by atoms with Crippen LogP contribution in [-0.4, -0.2) is 26.7 Å². The molecule has 0 aliphatic carbocycles. The quantitative estimate of drug-likeness (QED) is 0.405. The molecule has 0 rings (SSSR count). The molecule has 0 unspecified atom stereocenters. The van der Waals surface area contributed by atoms with Crippen molar-refractivity contribution in [1.82, 2.24) is 0 Å². The van der Waals surface area contributed by atoms with Crippen LogP contribution in [0.4, 0.5) is 0 Å². The van der Waals surface area contributed by atoms with Crippen LogP contribution in [0.1, 0.15) is 6.92 Å². The molecule has 0 bridgehead atoms. The maximum absolute atomic E-state index is 9.76. The average Bonchev–Trinajstić information content (AvgIpc) is 1.89. The van der Waals surface area contributed by atoms with Gasteiger partial charge in [-0.2, -0.15) is 0 Å². The summed E-state index contributed by atoms with van der Waals surface area (Å²) < 4.78 is 13.7.